The van der Waals surface area contributed by atoms with Gasteiger partial charge in [-0.25, -0.2) is 9.97 Å². The third-order valence-electron chi connectivity index (χ3n) is 6.09. The van der Waals surface area contributed by atoms with E-state index in [0.717, 1.165) is 49.6 Å². The second-order valence-corrected chi connectivity index (χ2v) is 9.29. The molecule has 2 aromatic carbocycles. The van der Waals surface area contributed by atoms with Crippen LogP contribution in [0.15, 0.2) is 73.2 Å². The zero-order valence-corrected chi connectivity index (χ0v) is 21.1. The third kappa shape index (κ3) is 6.25. The lowest BCUT2D eigenvalue weighted by Crippen LogP contribution is -2.41. The standard InChI is InChI=1S/C28H31N5O4/c1-28(2,37-26-5-3-4-12-29-26)36-23-9-7-22(8-10-23)33-20-31-24-19-21(6-11-25(24)33)27(34)30-13-14-32-15-17-35-18-16-32/h3-12,19-20H,13-18H2,1-2H3,(H,30,34). The molecule has 3 heterocycles. The van der Waals surface area contributed by atoms with Crippen LogP contribution in [-0.4, -0.2) is 70.5 Å². The third-order valence-corrected chi connectivity index (χ3v) is 6.09. The van der Waals surface area contributed by atoms with Crippen LogP contribution in [0.2, 0.25) is 0 Å². The Labute approximate surface area is 216 Å². The number of nitrogens with one attached hydrogen (secondary N) is 1. The number of carbonyl (C=O) groups excluding carboxylic acids is 1. The van der Waals surface area contributed by atoms with Crippen molar-refractivity contribution in [2.45, 2.75) is 19.6 Å². The van der Waals surface area contributed by atoms with Gasteiger partial charge in [0, 0.05) is 63.5 Å². The van der Waals surface area contributed by atoms with Gasteiger partial charge in [0.1, 0.15) is 12.1 Å². The zero-order valence-electron chi connectivity index (χ0n) is 21.1. The molecule has 9 heteroatoms. The molecule has 0 radical (unpaired) electrons. The fourth-order valence-corrected chi connectivity index (χ4v) is 4.25. The molecule has 1 saturated heterocycles. The highest BCUT2D eigenvalue weighted by molar-refractivity contribution is 5.97. The van der Waals surface area contributed by atoms with Gasteiger partial charge in [0.2, 0.25) is 11.7 Å². The first-order valence-electron chi connectivity index (χ1n) is 12.4. The molecule has 1 amide bonds. The summed E-state index contributed by atoms with van der Waals surface area (Å²) in [6.07, 6.45) is 3.44. The molecule has 2 aromatic heterocycles. The van der Waals surface area contributed by atoms with Crippen LogP contribution >= 0.6 is 0 Å². The molecule has 0 aliphatic carbocycles. The first-order chi connectivity index (χ1) is 18.0. The number of rotatable bonds is 9. The van der Waals surface area contributed by atoms with Crippen LogP contribution in [0.4, 0.5) is 0 Å². The van der Waals surface area contributed by atoms with Gasteiger partial charge in [0.15, 0.2) is 0 Å². The van der Waals surface area contributed by atoms with Crippen LogP contribution in [0, 0.1) is 0 Å². The van der Waals surface area contributed by atoms with Gasteiger partial charge in [-0.1, -0.05) is 6.07 Å². The minimum atomic E-state index is -0.892. The van der Waals surface area contributed by atoms with Crippen molar-refractivity contribution in [3.63, 3.8) is 0 Å². The number of pyridine rings is 1. The van der Waals surface area contributed by atoms with E-state index >= 15 is 0 Å². The normalized spacial score (nSPS) is 14.4. The summed E-state index contributed by atoms with van der Waals surface area (Å²) < 4.78 is 19.2. The van der Waals surface area contributed by atoms with E-state index in [2.05, 4.69) is 20.2 Å². The number of carbonyl (C=O) groups is 1. The number of morpholine rings is 1. The first kappa shape index (κ1) is 24.7. The number of hydrogen-bond donors (Lipinski definition) is 1. The Morgan fingerprint density at radius 3 is 2.59 bits per heavy atom. The summed E-state index contributed by atoms with van der Waals surface area (Å²) in [5.41, 5.74) is 3.20. The van der Waals surface area contributed by atoms with Gasteiger partial charge in [-0.3, -0.25) is 14.3 Å². The Hall–Kier alpha value is -3.95. The maximum absolute atomic E-state index is 12.7. The Balaban J connectivity index is 1.22. The number of benzene rings is 2. The number of hydrogen-bond acceptors (Lipinski definition) is 7. The molecule has 0 unspecified atom stereocenters. The Morgan fingerprint density at radius 2 is 1.84 bits per heavy atom. The number of fused-ring (bicyclic) bond motifs is 1. The Bertz CT molecular complexity index is 1330. The average Bonchev–Trinajstić information content (AvgIpc) is 3.33. The average molecular weight is 502 g/mol. The van der Waals surface area contributed by atoms with Gasteiger partial charge in [0.05, 0.1) is 24.2 Å². The molecule has 4 aromatic rings. The van der Waals surface area contributed by atoms with E-state index < -0.39 is 5.79 Å². The maximum Gasteiger partial charge on any atom is 0.251 e. The van der Waals surface area contributed by atoms with Crippen LogP contribution in [-0.2, 0) is 4.74 Å². The molecule has 1 aliphatic rings. The van der Waals surface area contributed by atoms with Gasteiger partial charge in [0.25, 0.3) is 5.91 Å². The molecular formula is C28H31N5O4. The molecule has 1 N–H and O–H groups in total. The summed E-state index contributed by atoms with van der Waals surface area (Å²) in [5.74, 6) is 0.183. The first-order valence-corrected chi connectivity index (χ1v) is 12.4. The highest BCUT2D eigenvalue weighted by Crippen LogP contribution is 2.25. The van der Waals surface area contributed by atoms with E-state index in [0.29, 0.717) is 23.7 Å². The Morgan fingerprint density at radius 1 is 1.03 bits per heavy atom. The van der Waals surface area contributed by atoms with Crippen LogP contribution in [0.25, 0.3) is 16.7 Å². The van der Waals surface area contributed by atoms with E-state index in [9.17, 15) is 4.79 Å². The fourth-order valence-electron chi connectivity index (χ4n) is 4.25. The summed E-state index contributed by atoms with van der Waals surface area (Å²) in [5, 5.41) is 3.01. The summed E-state index contributed by atoms with van der Waals surface area (Å²) in [7, 11) is 0. The number of amides is 1. The van der Waals surface area contributed by atoms with Gasteiger partial charge in [-0.15, -0.1) is 0 Å². The Kier molecular flexibility index (Phi) is 7.34. The zero-order chi connectivity index (χ0) is 25.7. The lowest BCUT2D eigenvalue weighted by Gasteiger charge is -2.26. The van der Waals surface area contributed by atoms with Gasteiger partial charge < -0.3 is 19.5 Å². The summed E-state index contributed by atoms with van der Waals surface area (Å²) in [4.78, 5) is 23.7. The number of aromatic nitrogens is 3. The molecule has 0 spiro atoms. The van der Waals surface area contributed by atoms with E-state index in [1.54, 1.807) is 18.6 Å². The molecular weight excluding hydrogens is 470 g/mol. The van der Waals surface area contributed by atoms with E-state index in [4.69, 9.17) is 14.2 Å². The SMILES string of the molecule is CC(C)(Oc1ccc(-n2cnc3cc(C(=O)NCCN4CCOCC4)ccc32)cc1)Oc1ccccn1. The van der Waals surface area contributed by atoms with Crippen LogP contribution in [0.5, 0.6) is 11.6 Å². The highest BCUT2D eigenvalue weighted by atomic mass is 16.7. The molecule has 37 heavy (non-hydrogen) atoms. The number of imidazole rings is 1. The summed E-state index contributed by atoms with van der Waals surface area (Å²) in [6.45, 7) is 8.42. The van der Waals surface area contributed by atoms with Crippen molar-refractivity contribution in [2.75, 3.05) is 39.4 Å². The van der Waals surface area contributed by atoms with Crippen molar-refractivity contribution < 1.29 is 19.0 Å². The molecule has 0 saturated carbocycles. The molecule has 5 rings (SSSR count). The summed E-state index contributed by atoms with van der Waals surface area (Å²) >= 11 is 0. The lowest BCUT2D eigenvalue weighted by atomic mass is 10.2. The largest absolute Gasteiger partial charge is 0.453 e. The quantitative estimate of drug-likeness (QED) is 0.350. The lowest BCUT2D eigenvalue weighted by molar-refractivity contribution is -0.0837. The number of nitrogens with zero attached hydrogens (tertiary/aromatic N) is 4. The molecule has 9 nitrogen and oxygen atoms in total. The molecule has 192 valence electrons. The number of ether oxygens (including phenoxy) is 3. The van der Waals surface area contributed by atoms with Crippen LogP contribution in [0.1, 0.15) is 24.2 Å². The van der Waals surface area contributed by atoms with Crippen molar-refractivity contribution >= 4 is 16.9 Å². The minimum Gasteiger partial charge on any atom is -0.453 e. The molecule has 0 bridgehead atoms. The molecule has 1 fully saturated rings. The molecule has 0 atom stereocenters. The van der Waals surface area contributed by atoms with Crippen LogP contribution in [0.3, 0.4) is 0 Å². The highest BCUT2D eigenvalue weighted by Gasteiger charge is 2.22. The van der Waals surface area contributed by atoms with E-state index in [1.165, 1.54) is 0 Å². The van der Waals surface area contributed by atoms with Gasteiger partial charge in [-0.05, 0) is 48.5 Å². The molecule has 1 aliphatic heterocycles. The van der Waals surface area contributed by atoms with E-state index in [1.807, 2.05) is 73.0 Å². The van der Waals surface area contributed by atoms with Crippen molar-refractivity contribution in [3.8, 4) is 17.3 Å². The van der Waals surface area contributed by atoms with Crippen molar-refractivity contribution in [3.05, 3.63) is 78.8 Å². The van der Waals surface area contributed by atoms with Crippen molar-refractivity contribution in [1.29, 1.82) is 0 Å². The monoisotopic (exact) mass is 501 g/mol. The predicted octanol–water partition coefficient (Wildman–Crippen LogP) is 3.68. The summed E-state index contributed by atoms with van der Waals surface area (Å²) in [6, 6.07) is 18.8. The van der Waals surface area contributed by atoms with Crippen molar-refractivity contribution in [2.24, 2.45) is 0 Å². The fraction of sp³-hybridized carbons (Fsp3) is 0.321. The smallest absolute Gasteiger partial charge is 0.251 e. The van der Waals surface area contributed by atoms with Gasteiger partial charge >= 0.3 is 0 Å². The second-order valence-electron chi connectivity index (χ2n) is 9.29. The minimum absolute atomic E-state index is 0.0956. The van der Waals surface area contributed by atoms with Crippen LogP contribution < -0.4 is 14.8 Å². The van der Waals surface area contributed by atoms with Gasteiger partial charge in [-0.2, -0.15) is 0 Å². The van der Waals surface area contributed by atoms with Crippen molar-refractivity contribution in [1.82, 2.24) is 24.8 Å². The van der Waals surface area contributed by atoms with E-state index in [-0.39, 0.29) is 5.91 Å². The maximum atomic E-state index is 12.7. The topological polar surface area (TPSA) is 90.7 Å². The second kappa shape index (κ2) is 11.0. The predicted molar refractivity (Wildman–Crippen MR) is 140 cm³/mol.